The van der Waals surface area contributed by atoms with Gasteiger partial charge < -0.3 is 10.6 Å². The number of para-hydroxylation sites is 1. The molecule has 1 amide bonds. The maximum Gasteiger partial charge on any atom is 0.223 e. The minimum atomic E-state index is -0.512. The summed E-state index contributed by atoms with van der Waals surface area (Å²) in [4.78, 5) is 11.6. The van der Waals surface area contributed by atoms with Crippen molar-refractivity contribution in [1.29, 1.82) is 5.26 Å². The first kappa shape index (κ1) is 12.9. The van der Waals surface area contributed by atoms with E-state index in [0.29, 0.717) is 6.04 Å². The molecular formula is C13H14BrN3O. The quantitative estimate of drug-likeness (QED) is 0.878. The summed E-state index contributed by atoms with van der Waals surface area (Å²) in [6, 6.07) is 9.47. The minimum absolute atomic E-state index is 0.0661. The van der Waals surface area contributed by atoms with Crippen LogP contribution < -0.4 is 10.6 Å². The molecule has 2 N–H and O–H groups in total. The van der Waals surface area contributed by atoms with Crippen molar-refractivity contribution >= 4 is 27.5 Å². The molecule has 0 saturated heterocycles. The van der Waals surface area contributed by atoms with Gasteiger partial charge in [-0.1, -0.05) is 12.1 Å². The zero-order valence-corrected chi connectivity index (χ0v) is 11.4. The van der Waals surface area contributed by atoms with Gasteiger partial charge in [-0.3, -0.25) is 4.79 Å². The second-order valence-corrected chi connectivity index (χ2v) is 5.21. The number of nitrogens with zero attached hydrogens (tertiary/aromatic N) is 1. The number of nitriles is 1. The van der Waals surface area contributed by atoms with Gasteiger partial charge in [0, 0.05) is 16.2 Å². The summed E-state index contributed by atoms with van der Waals surface area (Å²) in [5.41, 5.74) is 0.822. The average molecular weight is 308 g/mol. The first-order valence-corrected chi connectivity index (χ1v) is 6.68. The van der Waals surface area contributed by atoms with Gasteiger partial charge in [0.2, 0.25) is 5.91 Å². The Morgan fingerprint density at radius 2 is 2.22 bits per heavy atom. The predicted octanol–water partition coefficient (Wildman–Crippen LogP) is 2.42. The van der Waals surface area contributed by atoms with Crippen LogP contribution in [0.3, 0.4) is 0 Å². The van der Waals surface area contributed by atoms with Crippen molar-refractivity contribution in [3.05, 3.63) is 28.7 Å². The second-order valence-electron chi connectivity index (χ2n) is 4.35. The Hall–Kier alpha value is -1.54. The topological polar surface area (TPSA) is 64.9 Å². The summed E-state index contributed by atoms with van der Waals surface area (Å²) in [5, 5.41) is 15.0. The van der Waals surface area contributed by atoms with Crippen LogP contribution in [0.4, 0.5) is 5.69 Å². The van der Waals surface area contributed by atoms with Gasteiger partial charge in [-0.25, -0.2) is 0 Å². The third-order valence-electron chi connectivity index (χ3n) is 2.69. The summed E-state index contributed by atoms with van der Waals surface area (Å²) in [6.45, 7) is 0. The van der Waals surface area contributed by atoms with Crippen molar-refractivity contribution in [2.45, 2.75) is 31.3 Å². The van der Waals surface area contributed by atoms with Crippen LogP contribution in [0, 0.1) is 11.3 Å². The van der Waals surface area contributed by atoms with Gasteiger partial charge in [0.1, 0.15) is 6.04 Å². The van der Waals surface area contributed by atoms with E-state index in [1.807, 2.05) is 24.3 Å². The molecule has 1 atom stereocenters. The molecular weight excluding hydrogens is 294 g/mol. The normalized spacial score (nSPS) is 15.6. The van der Waals surface area contributed by atoms with Gasteiger partial charge in [-0.05, 0) is 40.9 Å². The van der Waals surface area contributed by atoms with Crippen LogP contribution in [0.2, 0.25) is 0 Å². The van der Waals surface area contributed by atoms with Crippen molar-refractivity contribution in [1.82, 2.24) is 5.32 Å². The van der Waals surface area contributed by atoms with Gasteiger partial charge in [0.05, 0.1) is 12.5 Å². The van der Waals surface area contributed by atoms with Crippen LogP contribution in [0.5, 0.6) is 0 Å². The molecule has 0 aliphatic heterocycles. The highest BCUT2D eigenvalue weighted by Gasteiger charge is 2.24. The van der Waals surface area contributed by atoms with E-state index in [1.54, 1.807) is 0 Å². The first-order chi connectivity index (χ1) is 8.69. The highest BCUT2D eigenvalue weighted by atomic mass is 79.9. The van der Waals surface area contributed by atoms with Crippen LogP contribution in [-0.2, 0) is 4.79 Å². The molecule has 1 aliphatic carbocycles. The van der Waals surface area contributed by atoms with Gasteiger partial charge in [-0.15, -0.1) is 0 Å². The number of anilines is 1. The van der Waals surface area contributed by atoms with Crippen LogP contribution in [0.25, 0.3) is 0 Å². The number of nitrogens with one attached hydrogen (secondary N) is 2. The molecule has 4 nitrogen and oxygen atoms in total. The Labute approximate surface area is 115 Å². The van der Waals surface area contributed by atoms with Gasteiger partial charge >= 0.3 is 0 Å². The van der Waals surface area contributed by atoms with Crippen molar-refractivity contribution in [3.8, 4) is 6.07 Å². The van der Waals surface area contributed by atoms with Crippen LogP contribution >= 0.6 is 15.9 Å². The average Bonchev–Trinajstić information content (AvgIpc) is 3.14. The molecule has 0 bridgehead atoms. The number of hydrogen-bond acceptors (Lipinski definition) is 3. The fourth-order valence-corrected chi connectivity index (χ4v) is 1.99. The van der Waals surface area contributed by atoms with E-state index in [0.717, 1.165) is 23.0 Å². The Kier molecular flexibility index (Phi) is 4.21. The fourth-order valence-electron chi connectivity index (χ4n) is 1.59. The summed E-state index contributed by atoms with van der Waals surface area (Å²) in [6.07, 6.45) is 2.29. The summed E-state index contributed by atoms with van der Waals surface area (Å²) < 4.78 is 0.882. The lowest BCUT2D eigenvalue weighted by molar-refractivity contribution is -0.121. The molecule has 94 valence electrons. The van der Waals surface area contributed by atoms with Gasteiger partial charge in [0.25, 0.3) is 0 Å². The number of rotatable bonds is 5. The highest BCUT2D eigenvalue weighted by molar-refractivity contribution is 9.10. The largest absolute Gasteiger partial charge is 0.368 e. The monoisotopic (exact) mass is 307 g/mol. The predicted molar refractivity (Wildman–Crippen MR) is 72.9 cm³/mol. The van der Waals surface area contributed by atoms with Gasteiger partial charge in [0.15, 0.2) is 0 Å². The molecule has 0 spiro atoms. The fraction of sp³-hybridized carbons (Fsp3) is 0.385. The van der Waals surface area contributed by atoms with Crippen LogP contribution in [-0.4, -0.2) is 18.0 Å². The molecule has 1 fully saturated rings. The maximum absolute atomic E-state index is 11.6. The summed E-state index contributed by atoms with van der Waals surface area (Å²) in [5.74, 6) is -0.0661. The molecule has 2 rings (SSSR count). The number of halogens is 1. The lowest BCUT2D eigenvalue weighted by Gasteiger charge is -2.14. The highest BCUT2D eigenvalue weighted by Crippen LogP contribution is 2.23. The van der Waals surface area contributed by atoms with E-state index in [-0.39, 0.29) is 12.3 Å². The standard InChI is InChI=1S/C13H14BrN3O/c14-11-3-1-2-4-12(11)16-10(8-15)7-13(18)17-9-5-6-9/h1-4,9-10,16H,5-7H2,(H,17,18). The third kappa shape index (κ3) is 3.74. The van der Waals surface area contributed by atoms with E-state index in [9.17, 15) is 4.79 Å². The lowest BCUT2D eigenvalue weighted by atomic mass is 10.2. The number of carbonyl (C=O) groups is 1. The summed E-state index contributed by atoms with van der Waals surface area (Å²) >= 11 is 3.40. The van der Waals surface area contributed by atoms with E-state index >= 15 is 0 Å². The Morgan fingerprint density at radius 1 is 1.50 bits per heavy atom. The second kappa shape index (κ2) is 5.87. The van der Waals surface area contributed by atoms with E-state index < -0.39 is 6.04 Å². The third-order valence-corrected chi connectivity index (χ3v) is 3.38. The molecule has 1 aromatic carbocycles. The smallest absolute Gasteiger partial charge is 0.223 e. The van der Waals surface area contributed by atoms with Crippen molar-refractivity contribution < 1.29 is 4.79 Å². The Balaban J connectivity index is 1.90. The summed E-state index contributed by atoms with van der Waals surface area (Å²) in [7, 11) is 0. The zero-order chi connectivity index (χ0) is 13.0. The number of carbonyl (C=O) groups excluding carboxylic acids is 1. The molecule has 1 unspecified atom stereocenters. The molecule has 18 heavy (non-hydrogen) atoms. The zero-order valence-electron chi connectivity index (χ0n) is 9.82. The molecule has 0 radical (unpaired) electrons. The van der Waals surface area contributed by atoms with Gasteiger partial charge in [-0.2, -0.15) is 5.26 Å². The van der Waals surface area contributed by atoms with Crippen LogP contribution in [0.15, 0.2) is 28.7 Å². The molecule has 5 heteroatoms. The van der Waals surface area contributed by atoms with Crippen molar-refractivity contribution in [2.24, 2.45) is 0 Å². The number of amides is 1. The van der Waals surface area contributed by atoms with Crippen molar-refractivity contribution in [2.75, 3.05) is 5.32 Å². The minimum Gasteiger partial charge on any atom is -0.368 e. The Bertz CT molecular complexity index is 479. The van der Waals surface area contributed by atoms with Crippen LogP contribution in [0.1, 0.15) is 19.3 Å². The number of hydrogen-bond donors (Lipinski definition) is 2. The lowest BCUT2D eigenvalue weighted by Crippen LogP contribution is -2.31. The maximum atomic E-state index is 11.6. The Morgan fingerprint density at radius 3 is 2.83 bits per heavy atom. The molecule has 1 aromatic rings. The van der Waals surface area contributed by atoms with E-state index in [4.69, 9.17) is 5.26 Å². The first-order valence-electron chi connectivity index (χ1n) is 5.89. The number of benzene rings is 1. The molecule has 0 aromatic heterocycles. The van der Waals surface area contributed by atoms with Crippen molar-refractivity contribution in [3.63, 3.8) is 0 Å². The van der Waals surface area contributed by atoms with E-state index in [2.05, 4.69) is 32.6 Å². The SMILES string of the molecule is N#CC(CC(=O)NC1CC1)Nc1ccccc1Br. The molecule has 1 saturated carbocycles. The molecule has 0 heterocycles. The molecule has 1 aliphatic rings. The van der Waals surface area contributed by atoms with E-state index in [1.165, 1.54) is 0 Å².